The number of pyridine rings is 1. The van der Waals surface area contributed by atoms with Gasteiger partial charge in [0.15, 0.2) is 0 Å². The lowest BCUT2D eigenvalue weighted by atomic mass is 10.1. The second kappa shape index (κ2) is 6.01. The van der Waals surface area contributed by atoms with Crippen molar-refractivity contribution in [2.75, 3.05) is 12.8 Å². The van der Waals surface area contributed by atoms with Gasteiger partial charge in [0.2, 0.25) is 0 Å². The minimum absolute atomic E-state index is 0.208. The Morgan fingerprint density at radius 3 is 2.45 bits per heavy atom. The molecule has 0 saturated carbocycles. The Morgan fingerprint density at radius 1 is 1.15 bits per heavy atom. The number of benzene rings is 1. The van der Waals surface area contributed by atoms with Crippen LogP contribution >= 0.6 is 0 Å². The molecule has 1 aromatic carbocycles. The third-order valence-corrected chi connectivity index (χ3v) is 3.46. The quantitative estimate of drug-likeness (QED) is 0.931. The molecule has 1 aromatic heterocycles. The maximum atomic E-state index is 12.9. The summed E-state index contributed by atoms with van der Waals surface area (Å²) >= 11 is 0. The zero-order valence-electron chi connectivity index (χ0n) is 12.2. The van der Waals surface area contributed by atoms with Gasteiger partial charge in [-0.2, -0.15) is 0 Å². The zero-order valence-corrected chi connectivity index (χ0v) is 12.2. The minimum Gasteiger partial charge on any atom is -0.398 e. The number of nitrogens with zero attached hydrogens (tertiary/aromatic N) is 2. The second-order valence-electron chi connectivity index (χ2n) is 5.23. The lowest BCUT2D eigenvalue weighted by Crippen LogP contribution is -2.19. The molecule has 0 atom stereocenters. The largest absolute Gasteiger partial charge is 0.398 e. The molecule has 0 saturated heterocycles. The van der Waals surface area contributed by atoms with Crippen LogP contribution in [0.15, 0.2) is 30.5 Å². The molecule has 4 heteroatoms. The predicted octanol–water partition coefficient (Wildman–Crippen LogP) is 3.05. The van der Waals surface area contributed by atoms with Crippen molar-refractivity contribution in [2.45, 2.75) is 26.9 Å². The molecule has 2 N–H and O–H groups in total. The summed E-state index contributed by atoms with van der Waals surface area (Å²) in [6, 6.07) is 6.57. The topological polar surface area (TPSA) is 42.2 Å². The van der Waals surface area contributed by atoms with Crippen molar-refractivity contribution < 1.29 is 4.39 Å². The highest BCUT2D eigenvalue weighted by molar-refractivity contribution is 5.53. The van der Waals surface area contributed by atoms with Crippen LogP contribution in [0.5, 0.6) is 0 Å². The summed E-state index contributed by atoms with van der Waals surface area (Å²) < 4.78 is 12.9. The van der Waals surface area contributed by atoms with Crippen molar-refractivity contribution in [3.8, 4) is 0 Å². The van der Waals surface area contributed by atoms with E-state index in [9.17, 15) is 4.39 Å². The fourth-order valence-corrected chi connectivity index (χ4v) is 2.16. The van der Waals surface area contributed by atoms with Crippen molar-refractivity contribution >= 4 is 5.69 Å². The van der Waals surface area contributed by atoms with Gasteiger partial charge in [0.1, 0.15) is 5.82 Å². The van der Waals surface area contributed by atoms with Gasteiger partial charge in [-0.15, -0.1) is 0 Å². The van der Waals surface area contributed by atoms with E-state index in [2.05, 4.69) is 9.88 Å². The van der Waals surface area contributed by atoms with Gasteiger partial charge in [-0.1, -0.05) is 12.1 Å². The van der Waals surface area contributed by atoms with E-state index < -0.39 is 0 Å². The molecule has 0 radical (unpaired) electrons. The maximum Gasteiger partial charge on any atom is 0.123 e. The number of anilines is 1. The number of aryl methyl sites for hydroxylation is 1. The zero-order chi connectivity index (χ0) is 14.7. The van der Waals surface area contributed by atoms with Gasteiger partial charge in [0, 0.05) is 25.0 Å². The molecular weight excluding hydrogens is 253 g/mol. The van der Waals surface area contributed by atoms with E-state index in [1.165, 1.54) is 12.1 Å². The molecular formula is C16H20FN3. The van der Waals surface area contributed by atoms with Crippen LogP contribution < -0.4 is 5.73 Å². The number of hydrogen-bond donors (Lipinski definition) is 1. The minimum atomic E-state index is -0.208. The highest BCUT2D eigenvalue weighted by Crippen LogP contribution is 2.19. The number of rotatable bonds is 4. The Labute approximate surface area is 119 Å². The number of hydrogen-bond acceptors (Lipinski definition) is 3. The summed E-state index contributed by atoms with van der Waals surface area (Å²) in [6.07, 6.45) is 1.81. The highest BCUT2D eigenvalue weighted by Gasteiger charge is 2.09. The molecule has 106 valence electrons. The fourth-order valence-electron chi connectivity index (χ4n) is 2.16. The Balaban J connectivity index is 2.06. The van der Waals surface area contributed by atoms with E-state index in [-0.39, 0.29) is 5.82 Å². The van der Waals surface area contributed by atoms with Crippen LogP contribution in [0.1, 0.15) is 22.4 Å². The molecule has 1 heterocycles. The Bertz CT molecular complexity index is 593. The van der Waals surface area contributed by atoms with E-state index in [0.29, 0.717) is 6.54 Å². The predicted molar refractivity (Wildman–Crippen MR) is 79.7 cm³/mol. The standard InChI is InChI=1S/C16H20FN3/c1-11-8-19-15(12(2)16(11)18)10-20(3)9-13-4-6-14(17)7-5-13/h4-8H,9-10H2,1-3H3,(H2,18,19). The fraction of sp³-hybridized carbons (Fsp3) is 0.312. The molecule has 0 aliphatic heterocycles. The third kappa shape index (κ3) is 3.33. The Morgan fingerprint density at radius 2 is 1.80 bits per heavy atom. The number of halogens is 1. The molecule has 0 aliphatic carbocycles. The normalized spacial score (nSPS) is 11.1. The van der Waals surface area contributed by atoms with Crippen molar-refractivity contribution in [1.29, 1.82) is 0 Å². The maximum absolute atomic E-state index is 12.9. The van der Waals surface area contributed by atoms with Gasteiger partial charge in [-0.25, -0.2) is 4.39 Å². The van der Waals surface area contributed by atoms with Crippen LogP contribution in [0.25, 0.3) is 0 Å². The molecule has 0 amide bonds. The van der Waals surface area contributed by atoms with Crippen molar-refractivity contribution in [3.05, 3.63) is 58.7 Å². The van der Waals surface area contributed by atoms with Crippen molar-refractivity contribution in [2.24, 2.45) is 0 Å². The second-order valence-corrected chi connectivity index (χ2v) is 5.23. The van der Waals surface area contributed by atoms with Crippen LogP contribution in [-0.4, -0.2) is 16.9 Å². The Hall–Kier alpha value is -1.94. The highest BCUT2D eigenvalue weighted by atomic mass is 19.1. The molecule has 3 nitrogen and oxygen atoms in total. The number of nitrogen functional groups attached to an aromatic ring is 1. The molecule has 0 aliphatic rings. The summed E-state index contributed by atoms with van der Waals surface area (Å²) in [5, 5.41) is 0. The SMILES string of the molecule is Cc1cnc(CN(C)Cc2ccc(F)cc2)c(C)c1N. The first-order valence-electron chi connectivity index (χ1n) is 6.61. The van der Waals surface area contributed by atoms with Crippen molar-refractivity contribution in [1.82, 2.24) is 9.88 Å². The summed E-state index contributed by atoms with van der Waals surface area (Å²) in [4.78, 5) is 6.59. The smallest absolute Gasteiger partial charge is 0.123 e. The van der Waals surface area contributed by atoms with E-state index in [1.54, 1.807) is 12.1 Å². The van der Waals surface area contributed by atoms with Crippen LogP contribution in [0.4, 0.5) is 10.1 Å². The molecule has 20 heavy (non-hydrogen) atoms. The first-order valence-corrected chi connectivity index (χ1v) is 6.61. The lowest BCUT2D eigenvalue weighted by molar-refractivity contribution is 0.314. The Kier molecular flexibility index (Phi) is 4.35. The van der Waals surface area contributed by atoms with E-state index in [4.69, 9.17) is 5.73 Å². The lowest BCUT2D eigenvalue weighted by Gasteiger charge is -2.18. The van der Waals surface area contributed by atoms with Gasteiger partial charge in [0.25, 0.3) is 0 Å². The number of nitrogens with two attached hydrogens (primary N) is 1. The van der Waals surface area contributed by atoms with E-state index in [1.807, 2.05) is 27.1 Å². The van der Waals surface area contributed by atoms with Gasteiger partial charge in [-0.3, -0.25) is 9.88 Å². The molecule has 0 fully saturated rings. The molecule has 2 rings (SSSR count). The van der Waals surface area contributed by atoms with Gasteiger partial charge >= 0.3 is 0 Å². The third-order valence-electron chi connectivity index (χ3n) is 3.46. The summed E-state index contributed by atoms with van der Waals surface area (Å²) in [5.74, 6) is -0.208. The van der Waals surface area contributed by atoms with Gasteiger partial charge in [-0.05, 0) is 49.7 Å². The van der Waals surface area contributed by atoms with Crippen LogP contribution in [-0.2, 0) is 13.1 Å². The average Bonchev–Trinajstić information content (AvgIpc) is 2.42. The summed E-state index contributed by atoms with van der Waals surface area (Å²) in [6.45, 7) is 5.42. The molecule has 0 unspecified atom stereocenters. The summed E-state index contributed by atoms with van der Waals surface area (Å²) in [7, 11) is 2.01. The molecule has 2 aromatic rings. The first kappa shape index (κ1) is 14.5. The van der Waals surface area contributed by atoms with E-state index in [0.717, 1.165) is 34.6 Å². The number of aromatic nitrogens is 1. The van der Waals surface area contributed by atoms with Gasteiger partial charge in [0.05, 0.1) is 5.69 Å². The van der Waals surface area contributed by atoms with Crippen molar-refractivity contribution in [3.63, 3.8) is 0 Å². The average molecular weight is 273 g/mol. The first-order chi connectivity index (χ1) is 9.47. The molecule has 0 spiro atoms. The summed E-state index contributed by atoms with van der Waals surface area (Å²) in [5.41, 5.74) is 10.9. The molecule has 0 bridgehead atoms. The van der Waals surface area contributed by atoms with E-state index >= 15 is 0 Å². The van der Waals surface area contributed by atoms with Crippen LogP contribution in [0.2, 0.25) is 0 Å². The van der Waals surface area contributed by atoms with Crippen LogP contribution in [0, 0.1) is 19.7 Å². The van der Waals surface area contributed by atoms with Crippen LogP contribution in [0.3, 0.4) is 0 Å². The monoisotopic (exact) mass is 273 g/mol. The van der Waals surface area contributed by atoms with Gasteiger partial charge < -0.3 is 5.73 Å².